The minimum atomic E-state index is -3.84. The number of carbonyl (C=O) groups excluding carboxylic acids is 1. The van der Waals surface area contributed by atoms with Gasteiger partial charge in [-0.1, -0.05) is 11.6 Å². The first-order chi connectivity index (χ1) is 7.86. The Kier molecular flexibility index (Phi) is 4.25. The zero-order valence-corrected chi connectivity index (χ0v) is 10.3. The van der Waals surface area contributed by atoms with Crippen LogP contribution in [0.2, 0.25) is 5.02 Å². The third kappa shape index (κ3) is 3.54. The predicted octanol–water partition coefficient (Wildman–Crippen LogP) is 1.94. The monoisotopic (exact) mass is 278 g/mol. The quantitative estimate of drug-likeness (QED) is 0.482. The second kappa shape index (κ2) is 5.29. The van der Waals surface area contributed by atoms with E-state index in [1.165, 1.54) is 0 Å². The molecule has 1 aromatic rings. The van der Waals surface area contributed by atoms with Crippen molar-refractivity contribution in [3.63, 3.8) is 0 Å². The molecule has 0 aliphatic carbocycles. The van der Waals surface area contributed by atoms with E-state index in [2.05, 4.69) is 4.74 Å². The summed E-state index contributed by atoms with van der Waals surface area (Å²) < 4.78 is 40.4. The van der Waals surface area contributed by atoms with Gasteiger partial charge in [0.05, 0.1) is 17.0 Å². The molecule has 0 fully saturated rings. The van der Waals surface area contributed by atoms with Gasteiger partial charge in [-0.25, -0.2) is 17.6 Å². The molecule has 4 nitrogen and oxygen atoms in total. The normalized spacial score (nSPS) is 11.7. The van der Waals surface area contributed by atoms with Gasteiger partial charge < -0.3 is 4.74 Å². The van der Waals surface area contributed by atoms with E-state index in [4.69, 9.17) is 11.6 Å². The average Bonchev–Trinajstić information content (AvgIpc) is 2.29. The zero-order valence-electron chi connectivity index (χ0n) is 8.68. The van der Waals surface area contributed by atoms with E-state index in [9.17, 15) is 17.6 Å². The standard InChI is InChI=1S/C10H8ClFO4S/c1-16-10(13)4-5-17(14,15)7-2-3-9(12)8(11)6-7/h2-6H,1H3/b5-4+. The van der Waals surface area contributed by atoms with Crippen LogP contribution in [0.15, 0.2) is 34.6 Å². The van der Waals surface area contributed by atoms with E-state index in [-0.39, 0.29) is 9.92 Å². The molecule has 0 atom stereocenters. The van der Waals surface area contributed by atoms with E-state index in [1.54, 1.807) is 0 Å². The number of sulfone groups is 1. The van der Waals surface area contributed by atoms with E-state index in [0.29, 0.717) is 5.41 Å². The molecule has 0 heterocycles. The highest BCUT2D eigenvalue weighted by Gasteiger charge is 2.13. The van der Waals surface area contributed by atoms with Crippen LogP contribution in [-0.4, -0.2) is 21.5 Å². The highest BCUT2D eigenvalue weighted by molar-refractivity contribution is 7.94. The summed E-state index contributed by atoms with van der Waals surface area (Å²) >= 11 is 5.45. The van der Waals surface area contributed by atoms with Crippen molar-refractivity contribution in [2.75, 3.05) is 7.11 Å². The van der Waals surface area contributed by atoms with Crippen LogP contribution < -0.4 is 0 Å². The first-order valence-corrected chi connectivity index (χ1v) is 6.25. The Hall–Kier alpha value is -1.40. The molecule has 17 heavy (non-hydrogen) atoms. The number of benzene rings is 1. The molecule has 0 saturated heterocycles. The van der Waals surface area contributed by atoms with Gasteiger partial charge >= 0.3 is 5.97 Å². The number of halogens is 2. The highest BCUT2D eigenvalue weighted by Crippen LogP contribution is 2.20. The molecule has 0 spiro atoms. The minimum absolute atomic E-state index is 0.205. The van der Waals surface area contributed by atoms with Gasteiger partial charge in [0.15, 0.2) is 9.84 Å². The molecule has 1 rings (SSSR count). The van der Waals surface area contributed by atoms with E-state index >= 15 is 0 Å². The molecular formula is C10H8ClFO4S. The highest BCUT2D eigenvalue weighted by atomic mass is 35.5. The Balaban J connectivity index is 3.10. The summed E-state index contributed by atoms with van der Waals surface area (Å²) in [6.45, 7) is 0. The van der Waals surface area contributed by atoms with Crippen molar-refractivity contribution < 1.29 is 22.3 Å². The summed E-state index contributed by atoms with van der Waals surface area (Å²) in [4.78, 5) is 10.5. The Morgan fingerprint density at radius 1 is 1.47 bits per heavy atom. The van der Waals surface area contributed by atoms with Crippen molar-refractivity contribution in [1.82, 2.24) is 0 Å². The van der Waals surface area contributed by atoms with Gasteiger partial charge in [-0.2, -0.15) is 0 Å². The number of carbonyl (C=O) groups is 1. The molecule has 0 aliphatic rings. The lowest BCUT2D eigenvalue weighted by Crippen LogP contribution is -2.00. The van der Waals surface area contributed by atoms with Gasteiger partial charge in [0.1, 0.15) is 5.82 Å². The molecule has 0 bridgehead atoms. The van der Waals surface area contributed by atoms with Crippen LogP contribution in [0.1, 0.15) is 0 Å². The van der Waals surface area contributed by atoms with Crippen molar-refractivity contribution in [1.29, 1.82) is 0 Å². The van der Waals surface area contributed by atoms with Crippen LogP contribution in [0.4, 0.5) is 4.39 Å². The van der Waals surface area contributed by atoms with Crippen molar-refractivity contribution in [3.8, 4) is 0 Å². The van der Waals surface area contributed by atoms with Crippen LogP contribution in [0.3, 0.4) is 0 Å². The molecule has 0 unspecified atom stereocenters. The van der Waals surface area contributed by atoms with Crippen LogP contribution in [0, 0.1) is 5.82 Å². The molecule has 0 N–H and O–H groups in total. The van der Waals surface area contributed by atoms with E-state index in [1.807, 2.05) is 0 Å². The molecule has 7 heteroatoms. The maximum absolute atomic E-state index is 12.8. The molecule has 0 aliphatic heterocycles. The smallest absolute Gasteiger partial charge is 0.331 e. The van der Waals surface area contributed by atoms with Gasteiger partial charge in [0.25, 0.3) is 0 Å². The third-order valence-corrected chi connectivity index (χ3v) is 3.50. The van der Waals surface area contributed by atoms with Gasteiger partial charge in [0, 0.05) is 11.5 Å². The van der Waals surface area contributed by atoms with Crippen LogP contribution in [0.5, 0.6) is 0 Å². The summed E-state index contributed by atoms with van der Waals surface area (Å²) in [7, 11) is -2.72. The summed E-state index contributed by atoms with van der Waals surface area (Å²) in [5.74, 6) is -1.52. The van der Waals surface area contributed by atoms with Gasteiger partial charge in [-0.3, -0.25) is 0 Å². The zero-order chi connectivity index (χ0) is 13.1. The Morgan fingerprint density at radius 2 is 2.12 bits per heavy atom. The Bertz CT molecular complexity index is 566. The fraction of sp³-hybridized carbons (Fsp3) is 0.100. The lowest BCUT2D eigenvalue weighted by Gasteiger charge is -2.00. The lowest BCUT2D eigenvalue weighted by molar-refractivity contribution is -0.134. The SMILES string of the molecule is COC(=O)/C=C/S(=O)(=O)c1ccc(F)c(Cl)c1. The van der Waals surface area contributed by atoms with Crippen molar-refractivity contribution in [3.05, 3.63) is 40.5 Å². The number of methoxy groups -OCH3 is 1. The van der Waals surface area contributed by atoms with Gasteiger partial charge in [0.2, 0.25) is 0 Å². The molecule has 0 saturated carbocycles. The lowest BCUT2D eigenvalue weighted by atomic mass is 10.3. The summed E-state index contributed by atoms with van der Waals surface area (Å²) in [5.41, 5.74) is 0. The Labute approximate surface area is 103 Å². The first kappa shape index (κ1) is 13.7. The molecule has 0 amide bonds. The minimum Gasteiger partial charge on any atom is -0.466 e. The number of esters is 1. The molecular weight excluding hydrogens is 271 g/mol. The topological polar surface area (TPSA) is 60.4 Å². The third-order valence-electron chi connectivity index (χ3n) is 1.80. The first-order valence-electron chi connectivity index (χ1n) is 4.33. The molecule has 0 radical (unpaired) electrons. The van der Waals surface area contributed by atoms with Crippen molar-refractivity contribution in [2.24, 2.45) is 0 Å². The second-order valence-corrected chi connectivity index (χ2v) is 5.19. The summed E-state index contributed by atoms with van der Waals surface area (Å²) in [6, 6.07) is 2.95. The van der Waals surface area contributed by atoms with Gasteiger partial charge in [-0.15, -0.1) is 0 Å². The van der Waals surface area contributed by atoms with Crippen molar-refractivity contribution in [2.45, 2.75) is 4.90 Å². The maximum Gasteiger partial charge on any atom is 0.331 e. The molecule has 1 aromatic carbocycles. The van der Waals surface area contributed by atoms with Crippen molar-refractivity contribution >= 4 is 27.4 Å². The number of rotatable bonds is 3. The van der Waals surface area contributed by atoms with Gasteiger partial charge in [-0.05, 0) is 18.2 Å². The number of hydrogen-bond acceptors (Lipinski definition) is 4. The number of ether oxygens (including phenoxy) is 1. The fourth-order valence-corrected chi connectivity index (χ4v) is 2.18. The Morgan fingerprint density at radius 3 is 2.65 bits per heavy atom. The van der Waals surface area contributed by atoms with Crippen LogP contribution >= 0.6 is 11.6 Å². The van der Waals surface area contributed by atoms with Crippen LogP contribution in [0.25, 0.3) is 0 Å². The average molecular weight is 279 g/mol. The van der Waals surface area contributed by atoms with E-state index < -0.39 is 21.6 Å². The van der Waals surface area contributed by atoms with E-state index in [0.717, 1.165) is 31.4 Å². The number of hydrogen-bond donors (Lipinski definition) is 0. The predicted molar refractivity (Wildman–Crippen MR) is 59.8 cm³/mol. The van der Waals surface area contributed by atoms with Crippen LogP contribution in [-0.2, 0) is 19.4 Å². The summed E-state index contributed by atoms with van der Waals surface area (Å²) in [5, 5.41) is 0.361. The summed E-state index contributed by atoms with van der Waals surface area (Å²) in [6.07, 6.45) is 0.757. The molecule has 0 aromatic heterocycles. The second-order valence-electron chi connectivity index (χ2n) is 2.95. The largest absolute Gasteiger partial charge is 0.466 e. The molecule has 92 valence electrons. The maximum atomic E-state index is 12.8. The fourth-order valence-electron chi connectivity index (χ4n) is 0.946.